The molecule has 1 heterocycles. The van der Waals surface area contributed by atoms with Crippen molar-refractivity contribution < 1.29 is 9.18 Å². The van der Waals surface area contributed by atoms with Gasteiger partial charge in [0.1, 0.15) is 11.6 Å². The molecule has 1 aromatic heterocycles. The summed E-state index contributed by atoms with van der Waals surface area (Å²) in [6.45, 7) is 2.67. The van der Waals surface area contributed by atoms with Crippen LogP contribution in [-0.4, -0.2) is 24.0 Å². The van der Waals surface area contributed by atoms with Crippen LogP contribution in [0.4, 0.5) is 15.9 Å². The van der Waals surface area contributed by atoms with Crippen molar-refractivity contribution >= 4 is 17.4 Å². The van der Waals surface area contributed by atoms with Crippen LogP contribution >= 0.6 is 0 Å². The van der Waals surface area contributed by atoms with Crippen LogP contribution in [0, 0.1) is 12.7 Å². The van der Waals surface area contributed by atoms with Crippen molar-refractivity contribution in [2.24, 2.45) is 0 Å². The molecule has 110 valence electrons. The molecule has 2 aromatic rings. The number of anilines is 2. The van der Waals surface area contributed by atoms with Gasteiger partial charge in [0, 0.05) is 19.3 Å². The van der Waals surface area contributed by atoms with Crippen molar-refractivity contribution in [2.75, 3.05) is 24.1 Å². The van der Waals surface area contributed by atoms with Crippen molar-refractivity contribution in [3.8, 4) is 0 Å². The maximum Gasteiger partial charge on any atom is 0.254 e. The zero-order chi connectivity index (χ0) is 15.2. The lowest BCUT2D eigenvalue weighted by Crippen LogP contribution is -2.29. The summed E-state index contributed by atoms with van der Waals surface area (Å²) in [5, 5.41) is 5.66. The van der Waals surface area contributed by atoms with Crippen LogP contribution in [0.2, 0.25) is 0 Å². The lowest BCUT2D eigenvalue weighted by Gasteiger charge is -2.10. The Morgan fingerprint density at radius 1 is 1.29 bits per heavy atom. The first-order chi connectivity index (χ1) is 10.1. The fraction of sp³-hybridized carbons (Fsp3) is 0.200. The largest absolute Gasteiger partial charge is 0.396 e. The molecule has 6 heteroatoms. The number of carbonyl (C=O) groups is 1. The molecule has 1 aromatic carbocycles. The van der Waals surface area contributed by atoms with E-state index in [1.165, 1.54) is 12.1 Å². The van der Waals surface area contributed by atoms with Crippen molar-refractivity contribution in [2.45, 2.75) is 6.92 Å². The fourth-order valence-electron chi connectivity index (χ4n) is 1.81. The molecule has 0 unspecified atom stereocenters. The first-order valence-electron chi connectivity index (χ1n) is 6.57. The second kappa shape index (κ2) is 6.69. The van der Waals surface area contributed by atoms with Crippen LogP contribution in [-0.2, 0) is 0 Å². The third-order valence-corrected chi connectivity index (χ3v) is 3.03. The number of nitrogens with zero attached hydrogens (tertiary/aromatic N) is 1. The van der Waals surface area contributed by atoms with E-state index < -0.39 is 11.7 Å². The highest BCUT2D eigenvalue weighted by Crippen LogP contribution is 2.17. The van der Waals surface area contributed by atoms with Gasteiger partial charge in [-0.25, -0.2) is 9.37 Å². The van der Waals surface area contributed by atoms with E-state index >= 15 is 0 Å². The second-order valence-corrected chi connectivity index (χ2v) is 4.55. The number of aromatic nitrogens is 1. The predicted molar refractivity (Wildman–Crippen MR) is 80.6 cm³/mol. The molecule has 2 rings (SSSR count). The van der Waals surface area contributed by atoms with Gasteiger partial charge in [-0.2, -0.15) is 0 Å². The number of nitrogen functional groups attached to an aromatic ring is 1. The highest BCUT2D eigenvalue weighted by molar-refractivity contribution is 5.94. The number of amides is 1. The number of hydrogen-bond acceptors (Lipinski definition) is 4. The number of nitrogens with two attached hydrogens (primary N) is 1. The maximum atomic E-state index is 13.4. The molecule has 5 nitrogen and oxygen atoms in total. The van der Waals surface area contributed by atoms with E-state index in [-0.39, 0.29) is 5.56 Å². The Kier molecular flexibility index (Phi) is 4.71. The molecule has 0 saturated heterocycles. The third-order valence-electron chi connectivity index (χ3n) is 3.03. The lowest BCUT2D eigenvalue weighted by atomic mass is 10.2. The third kappa shape index (κ3) is 3.68. The summed E-state index contributed by atoms with van der Waals surface area (Å²) in [4.78, 5) is 15.9. The molecule has 0 radical (unpaired) electrons. The molecule has 0 aliphatic carbocycles. The summed E-state index contributed by atoms with van der Waals surface area (Å²) in [6.07, 6.45) is 1.66. The van der Waals surface area contributed by atoms with Crippen LogP contribution in [0.3, 0.4) is 0 Å². The Morgan fingerprint density at radius 3 is 2.81 bits per heavy atom. The minimum absolute atomic E-state index is 0.0331. The van der Waals surface area contributed by atoms with Gasteiger partial charge < -0.3 is 16.4 Å². The molecule has 0 saturated carbocycles. The van der Waals surface area contributed by atoms with E-state index in [4.69, 9.17) is 5.73 Å². The zero-order valence-electron chi connectivity index (χ0n) is 11.7. The Labute approximate surface area is 122 Å². The van der Waals surface area contributed by atoms with E-state index in [2.05, 4.69) is 15.6 Å². The molecule has 0 aliphatic rings. The van der Waals surface area contributed by atoms with E-state index in [1.54, 1.807) is 18.3 Å². The topological polar surface area (TPSA) is 80.0 Å². The minimum Gasteiger partial charge on any atom is -0.396 e. The molecule has 0 fully saturated rings. The minimum atomic E-state index is -0.535. The maximum absolute atomic E-state index is 13.4. The number of pyridine rings is 1. The van der Waals surface area contributed by atoms with Gasteiger partial charge in [0.15, 0.2) is 0 Å². The summed E-state index contributed by atoms with van der Waals surface area (Å²) in [7, 11) is 0. The summed E-state index contributed by atoms with van der Waals surface area (Å²) in [5.41, 5.74) is 7.42. The number of nitrogens with one attached hydrogen (secondary N) is 2. The van der Waals surface area contributed by atoms with E-state index in [1.807, 2.05) is 13.0 Å². The molecule has 1 amide bonds. The van der Waals surface area contributed by atoms with Crippen LogP contribution < -0.4 is 16.4 Å². The van der Waals surface area contributed by atoms with Gasteiger partial charge in [0.05, 0.1) is 11.3 Å². The SMILES string of the molecule is Cc1ccnc(NCCNC(=O)c2ccccc2F)c1N. The van der Waals surface area contributed by atoms with Crippen LogP contribution in [0.15, 0.2) is 36.5 Å². The quantitative estimate of drug-likeness (QED) is 0.735. The molecule has 0 atom stereocenters. The van der Waals surface area contributed by atoms with E-state index in [9.17, 15) is 9.18 Å². The number of rotatable bonds is 5. The van der Waals surface area contributed by atoms with Crippen LogP contribution in [0.1, 0.15) is 15.9 Å². The summed E-state index contributed by atoms with van der Waals surface area (Å²) in [5.74, 6) is -0.400. The molecule has 0 spiro atoms. The zero-order valence-corrected chi connectivity index (χ0v) is 11.7. The van der Waals surface area contributed by atoms with Gasteiger partial charge in [-0.1, -0.05) is 12.1 Å². The average Bonchev–Trinajstić information content (AvgIpc) is 2.48. The number of hydrogen-bond donors (Lipinski definition) is 3. The molecule has 21 heavy (non-hydrogen) atoms. The monoisotopic (exact) mass is 288 g/mol. The Hall–Kier alpha value is -2.63. The van der Waals surface area contributed by atoms with Crippen LogP contribution in [0.5, 0.6) is 0 Å². The number of carbonyl (C=O) groups excluding carboxylic acids is 1. The van der Waals surface area contributed by atoms with Crippen molar-refractivity contribution in [3.05, 3.63) is 53.5 Å². The van der Waals surface area contributed by atoms with Crippen molar-refractivity contribution in [3.63, 3.8) is 0 Å². The Morgan fingerprint density at radius 2 is 2.05 bits per heavy atom. The highest BCUT2D eigenvalue weighted by atomic mass is 19.1. The Bertz CT molecular complexity index is 645. The molecule has 0 bridgehead atoms. The van der Waals surface area contributed by atoms with Gasteiger partial charge in [0.2, 0.25) is 0 Å². The normalized spacial score (nSPS) is 10.2. The van der Waals surface area contributed by atoms with Crippen molar-refractivity contribution in [1.29, 1.82) is 0 Å². The Balaban J connectivity index is 1.84. The summed E-state index contributed by atoms with van der Waals surface area (Å²) in [6, 6.07) is 7.68. The number of aryl methyl sites for hydroxylation is 1. The summed E-state index contributed by atoms with van der Waals surface area (Å²) >= 11 is 0. The first kappa shape index (κ1) is 14.8. The summed E-state index contributed by atoms with van der Waals surface area (Å²) < 4.78 is 13.4. The smallest absolute Gasteiger partial charge is 0.254 e. The first-order valence-corrected chi connectivity index (χ1v) is 6.57. The fourth-order valence-corrected chi connectivity index (χ4v) is 1.81. The van der Waals surface area contributed by atoms with Gasteiger partial charge >= 0.3 is 0 Å². The second-order valence-electron chi connectivity index (χ2n) is 4.55. The van der Waals surface area contributed by atoms with Gasteiger partial charge in [0.25, 0.3) is 5.91 Å². The van der Waals surface area contributed by atoms with Gasteiger partial charge in [-0.3, -0.25) is 4.79 Å². The van der Waals surface area contributed by atoms with Gasteiger partial charge in [-0.15, -0.1) is 0 Å². The molecular weight excluding hydrogens is 271 g/mol. The lowest BCUT2D eigenvalue weighted by molar-refractivity contribution is 0.0951. The molecule has 4 N–H and O–H groups in total. The number of benzene rings is 1. The van der Waals surface area contributed by atoms with Crippen molar-refractivity contribution in [1.82, 2.24) is 10.3 Å². The molecular formula is C15H17FN4O. The number of halogens is 1. The van der Waals surface area contributed by atoms with E-state index in [0.29, 0.717) is 24.6 Å². The standard InChI is InChI=1S/C15H17FN4O/c1-10-6-7-18-14(13(10)17)19-8-9-20-15(21)11-4-2-3-5-12(11)16/h2-7H,8-9,17H2,1H3,(H,18,19)(H,20,21). The highest BCUT2D eigenvalue weighted by Gasteiger charge is 2.09. The van der Waals surface area contributed by atoms with Gasteiger partial charge in [-0.05, 0) is 30.7 Å². The average molecular weight is 288 g/mol. The van der Waals surface area contributed by atoms with E-state index in [0.717, 1.165) is 5.56 Å². The molecule has 0 aliphatic heterocycles. The van der Waals surface area contributed by atoms with Crippen LogP contribution in [0.25, 0.3) is 0 Å². The predicted octanol–water partition coefficient (Wildman–Crippen LogP) is 1.95.